The largest absolute Gasteiger partial charge is 0.449 e. The molecular weight excluding hydrogens is 556 g/mol. The minimum atomic E-state index is -0.877. The van der Waals surface area contributed by atoms with Gasteiger partial charge in [0.25, 0.3) is 0 Å². The predicted octanol–water partition coefficient (Wildman–Crippen LogP) is 1.34. The number of ether oxygens (including phenoxy) is 4. The highest BCUT2D eigenvalue weighted by Crippen LogP contribution is 2.44. The Morgan fingerprint density at radius 2 is 1.21 bits per heavy atom. The number of fused-ring (bicyclic) bond motifs is 2. The standard InChI is InChI=1S/C26H32N6O10/c1-15(33)19-14-18-20(41-25(36)31-8-6-29-10-12-38-23(27)34)16-4-2-3-5-17(16)21(22(18)40-19)42-26(37)32-9-7-30-11-13-39-24(28)35/h2-5,14,29-30H,6-13H2,1H3,(H2,27,34)(H2,28,35)(H,31,36)(H,32,37). The molecule has 0 bridgehead atoms. The summed E-state index contributed by atoms with van der Waals surface area (Å²) in [5.74, 6) is -0.282. The second-order valence-corrected chi connectivity index (χ2v) is 8.58. The number of hydrogen-bond acceptors (Lipinski definition) is 12. The fourth-order valence-electron chi connectivity index (χ4n) is 3.72. The highest BCUT2D eigenvalue weighted by molar-refractivity contribution is 6.12. The van der Waals surface area contributed by atoms with Gasteiger partial charge in [0.15, 0.2) is 28.6 Å². The molecule has 42 heavy (non-hydrogen) atoms. The summed E-state index contributed by atoms with van der Waals surface area (Å²) in [6.07, 6.45) is -3.32. The smallest absolute Gasteiger partial charge is 0.412 e. The van der Waals surface area contributed by atoms with Crippen molar-refractivity contribution in [1.82, 2.24) is 21.3 Å². The summed E-state index contributed by atoms with van der Waals surface area (Å²) in [6, 6.07) is 8.14. The van der Waals surface area contributed by atoms with Gasteiger partial charge < -0.3 is 56.1 Å². The average Bonchev–Trinajstić information content (AvgIpc) is 3.39. The summed E-state index contributed by atoms with van der Waals surface area (Å²) in [7, 11) is 0. The van der Waals surface area contributed by atoms with Crippen LogP contribution in [0.15, 0.2) is 34.7 Å². The van der Waals surface area contributed by atoms with Gasteiger partial charge in [0.05, 0.1) is 5.39 Å². The molecule has 3 rings (SSSR count). The molecule has 16 nitrogen and oxygen atoms in total. The van der Waals surface area contributed by atoms with Gasteiger partial charge >= 0.3 is 24.4 Å². The van der Waals surface area contributed by atoms with Gasteiger partial charge in [0.2, 0.25) is 0 Å². The SMILES string of the molecule is CC(=O)c1cc2c(OC(=O)NCCNCCOC(N)=O)c3ccccc3c(OC(=O)NCCNCCOC(N)=O)c2o1. The number of amides is 4. The number of Topliss-reactive ketones (excluding diaryl/α,β-unsaturated/α-hetero) is 1. The molecule has 2 aromatic carbocycles. The maximum Gasteiger partial charge on any atom is 0.412 e. The molecule has 0 aliphatic carbocycles. The van der Waals surface area contributed by atoms with Crippen molar-refractivity contribution in [3.8, 4) is 11.5 Å². The van der Waals surface area contributed by atoms with Crippen LogP contribution in [0.25, 0.3) is 21.7 Å². The second kappa shape index (κ2) is 15.6. The average molecular weight is 589 g/mol. The van der Waals surface area contributed by atoms with Crippen LogP contribution in [0.5, 0.6) is 11.5 Å². The Morgan fingerprint density at radius 1 is 0.714 bits per heavy atom. The number of rotatable bonds is 15. The molecule has 0 spiro atoms. The summed E-state index contributed by atoms with van der Waals surface area (Å²) in [6.45, 7) is 3.22. The van der Waals surface area contributed by atoms with Crippen LogP contribution in [0.1, 0.15) is 17.5 Å². The zero-order valence-electron chi connectivity index (χ0n) is 22.8. The molecular formula is C26H32N6O10. The highest BCUT2D eigenvalue weighted by Gasteiger charge is 2.24. The molecule has 4 amide bonds. The highest BCUT2D eigenvalue weighted by atomic mass is 16.6. The van der Waals surface area contributed by atoms with Crippen LogP contribution in [0.3, 0.4) is 0 Å². The van der Waals surface area contributed by atoms with E-state index in [-0.39, 0.29) is 60.3 Å². The van der Waals surface area contributed by atoms with Crippen molar-refractivity contribution >= 4 is 51.9 Å². The van der Waals surface area contributed by atoms with Gasteiger partial charge in [-0.05, 0) is 6.07 Å². The molecule has 0 radical (unpaired) electrons. The van der Waals surface area contributed by atoms with E-state index in [9.17, 15) is 24.0 Å². The molecule has 0 saturated carbocycles. The van der Waals surface area contributed by atoms with Gasteiger partial charge in [-0.1, -0.05) is 24.3 Å². The number of ketones is 1. The molecule has 1 aromatic heterocycles. The van der Waals surface area contributed by atoms with Crippen molar-refractivity contribution in [3.05, 3.63) is 36.1 Å². The molecule has 16 heteroatoms. The molecule has 0 saturated heterocycles. The van der Waals surface area contributed by atoms with E-state index in [1.165, 1.54) is 13.0 Å². The summed E-state index contributed by atoms with van der Waals surface area (Å²) in [5, 5.41) is 12.2. The lowest BCUT2D eigenvalue weighted by molar-refractivity contribution is 0.0989. The number of carbonyl (C=O) groups excluding carboxylic acids is 5. The minimum absolute atomic E-state index is 0.0272. The first-order valence-electron chi connectivity index (χ1n) is 12.8. The number of hydrogen-bond donors (Lipinski definition) is 6. The Balaban J connectivity index is 1.73. The van der Waals surface area contributed by atoms with E-state index < -0.39 is 24.4 Å². The number of furan rings is 1. The predicted molar refractivity (Wildman–Crippen MR) is 149 cm³/mol. The third kappa shape index (κ3) is 9.24. The van der Waals surface area contributed by atoms with Crippen molar-refractivity contribution in [2.24, 2.45) is 11.5 Å². The minimum Gasteiger partial charge on any atom is -0.449 e. The number of primary amides is 2. The normalized spacial score (nSPS) is 10.7. The van der Waals surface area contributed by atoms with E-state index >= 15 is 0 Å². The molecule has 0 aliphatic heterocycles. The van der Waals surface area contributed by atoms with Crippen LogP contribution in [0.2, 0.25) is 0 Å². The summed E-state index contributed by atoms with van der Waals surface area (Å²) in [5.41, 5.74) is 9.81. The Morgan fingerprint density at radius 3 is 1.71 bits per heavy atom. The van der Waals surface area contributed by atoms with Gasteiger partial charge in [-0.3, -0.25) is 4.79 Å². The van der Waals surface area contributed by atoms with Crippen LogP contribution in [-0.2, 0) is 9.47 Å². The quantitative estimate of drug-likeness (QED) is 0.109. The molecule has 0 atom stereocenters. The molecule has 226 valence electrons. The van der Waals surface area contributed by atoms with E-state index in [0.29, 0.717) is 37.0 Å². The molecule has 0 fully saturated rings. The second-order valence-electron chi connectivity index (χ2n) is 8.58. The fourth-order valence-corrected chi connectivity index (χ4v) is 3.72. The lowest BCUT2D eigenvalue weighted by Gasteiger charge is -2.14. The molecule has 0 aliphatic rings. The first kappa shape index (κ1) is 31.4. The lowest BCUT2D eigenvalue weighted by atomic mass is 10.1. The number of nitrogens with two attached hydrogens (primary N) is 2. The summed E-state index contributed by atoms with van der Waals surface area (Å²) in [4.78, 5) is 58.6. The van der Waals surface area contributed by atoms with Crippen molar-refractivity contribution in [2.75, 3.05) is 52.5 Å². The van der Waals surface area contributed by atoms with Crippen LogP contribution in [0, 0.1) is 0 Å². The van der Waals surface area contributed by atoms with Gasteiger partial charge in [-0.15, -0.1) is 0 Å². The Labute approximate surface area is 239 Å². The maximum absolute atomic E-state index is 12.7. The van der Waals surface area contributed by atoms with Gasteiger partial charge in [-0.25, -0.2) is 19.2 Å². The molecule has 8 N–H and O–H groups in total. The van der Waals surface area contributed by atoms with E-state index in [1.54, 1.807) is 24.3 Å². The number of nitrogens with one attached hydrogen (secondary N) is 4. The first-order chi connectivity index (χ1) is 20.2. The van der Waals surface area contributed by atoms with E-state index in [1.807, 2.05) is 0 Å². The summed E-state index contributed by atoms with van der Waals surface area (Å²) < 4.78 is 26.2. The van der Waals surface area contributed by atoms with Crippen molar-refractivity contribution in [2.45, 2.75) is 6.92 Å². The first-order valence-corrected chi connectivity index (χ1v) is 12.8. The van der Waals surface area contributed by atoms with Crippen molar-refractivity contribution in [3.63, 3.8) is 0 Å². The third-order valence-electron chi connectivity index (χ3n) is 5.52. The van der Waals surface area contributed by atoms with E-state index in [2.05, 4.69) is 30.7 Å². The Bertz CT molecular complexity index is 1340. The monoisotopic (exact) mass is 588 g/mol. The zero-order valence-corrected chi connectivity index (χ0v) is 22.8. The van der Waals surface area contributed by atoms with Crippen LogP contribution in [0.4, 0.5) is 19.2 Å². The maximum atomic E-state index is 12.7. The van der Waals surface area contributed by atoms with E-state index in [0.717, 1.165) is 0 Å². The van der Waals surface area contributed by atoms with Crippen molar-refractivity contribution < 1.29 is 47.3 Å². The number of benzene rings is 2. The lowest BCUT2D eigenvalue weighted by Crippen LogP contribution is -2.35. The van der Waals surface area contributed by atoms with Crippen LogP contribution in [-0.4, -0.2) is 82.6 Å². The summed E-state index contributed by atoms with van der Waals surface area (Å²) >= 11 is 0. The van der Waals surface area contributed by atoms with Gasteiger partial charge in [0, 0.05) is 57.0 Å². The van der Waals surface area contributed by atoms with Crippen molar-refractivity contribution in [1.29, 1.82) is 0 Å². The fraction of sp³-hybridized carbons (Fsp3) is 0.346. The zero-order chi connectivity index (χ0) is 30.5. The van der Waals surface area contributed by atoms with Crippen LogP contribution >= 0.6 is 0 Å². The third-order valence-corrected chi connectivity index (χ3v) is 5.52. The molecule has 0 unspecified atom stereocenters. The Kier molecular flexibility index (Phi) is 11.7. The topological polar surface area (TPSA) is 236 Å². The van der Waals surface area contributed by atoms with E-state index in [4.69, 9.17) is 25.4 Å². The number of carbonyl (C=O) groups is 5. The molecule has 1 heterocycles. The Hall–Kier alpha value is -5.09. The molecule has 3 aromatic rings. The van der Waals surface area contributed by atoms with Crippen LogP contribution < -0.4 is 42.2 Å². The van der Waals surface area contributed by atoms with Gasteiger partial charge in [-0.2, -0.15) is 0 Å². The van der Waals surface area contributed by atoms with Gasteiger partial charge in [0.1, 0.15) is 13.2 Å².